The summed E-state index contributed by atoms with van der Waals surface area (Å²) in [5.74, 6) is 0.660. The molecule has 1 rings (SSSR count). The lowest BCUT2D eigenvalue weighted by Gasteiger charge is -2.29. The van der Waals surface area contributed by atoms with E-state index in [9.17, 15) is 5.02 Å². The predicted octanol–water partition coefficient (Wildman–Crippen LogP) is 1.77. The molecule has 2 nitrogen and oxygen atoms in total. The van der Waals surface area contributed by atoms with Crippen molar-refractivity contribution in [2.75, 3.05) is 13.1 Å². The van der Waals surface area contributed by atoms with E-state index in [0.717, 1.165) is 25.9 Å². The van der Waals surface area contributed by atoms with Gasteiger partial charge in [-0.25, -0.2) is 0 Å². The Kier molecular flexibility index (Phi) is 4.01. The number of allylic oxidation sites excluding steroid dienone is 1. The zero-order chi connectivity index (χ0) is 9.84. The molecular formula is C10H20BNO. The Morgan fingerprint density at radius 3 is 2.31 bits per heavy atom. The van der Waals surface area contributed by atoms with Gasteiger partial charge in [-0.15, -0.1) is 0 Å². The van der Waals surface area contributed by atoms with Gasteiger partial charge in [-0.1, -0.05) is 25.5 Å². The summed E-state index contributed by atoms with van der Waals surface area (Å²) < 4.78 is 0. The van der Waals surface area contributed by atoms with Crippen molar-refractivity contribution in [1.29, 1.82) is 0 Å². The molecule has 0 unspecified atom stereocenters. The Morgan fingerprint density at radius 2 is 1.92 bits per heavy atom. The Morgan fingerprint density at radius 1 is 1.38 bits per heavy atom. The van der Waals surface area contributed by atoms with Crippen LogP contribution < -0.4 is 0 Å². The van der Waals surface area contributed by atoms with Gasteiger partial charge in [0, 0.05) is 0 Å². The van der Waals surface area contributed by atoms with Gasteiger partial charge in [0.05, 0.1) is 0 Å². The second-order valence-electron chi connectivity index (χ2n) is 4.24. The van der Waals surface area contributed by atoms with Crippen LogP contribution in [0.4, 0.5) is 0 Å². The fourth-order valence-electron chi connectivity index (χ4n) is 1.82. The third-order valence-corrected chi connectivity index (χ3v) is 2.54. The first kappa shape index (κ1) is 10.8. The van der Waals surface area contributed by atoms with Crippen LogP contribution in [0.3, 0.4) is 0 Å². The Balaban J connectivity index is 2.39. The summed E-state index contributed by atoms with van der Waals surface area (Å²) in [5, 5.41) is 9.35. The van der Waals surface area contributed by atoms with Crippen molar-refractivity contribution in [2.24, 2.45) is 5.92 Å². The average Bonchev–Trinajstić information content (AvgIpc) is 2.04. The highest BCUT2D eigenvalue weighted by molar-refractivity contribution is 6.45. The minimum Gasteiger partial charge on any atom is -0.437 e. The minimum atomic E-state index is -0.277. The van der Waals surface area contributed by atoms with Crippen LogP contribution in [0.15, 0.2) is 11.6 Å². The molecule has 13 heavy (non-hydrogen) atoms. The standard InChI is InChI=1S/C10H20BNO/c1-9(2)8-10-4-6-12(7-5-10)11(3)13/h8-9,13H,4-7H2,1-3H3. The molecule has 1 aliphatic rings. The quantitative estimate of drug-likeness (QED) is 0.518. The molecule has 1 aliphatic heterocycles. The summed E-state index contributed by atoms with van der Waals surface area (Å²) in [5.41, 5.74) is 1.56. The summed E-state index contributed by atoms with van der Waals surface area (Å²) >= 11 is 0. The van der Waals surface area contributed by atoms with Gasteiger partial charge in [0.25, 0.3) is 0 Å². The van der Waals surface area contributed by atoms with Gasteiger partial charge in [0.1, 0.15) is 0 Å². The fraction of sp³-hybridized carbons (Fsp3) is 0.800. The van der Waals surface area contributed by atoms with E-state index in [0.29, 0.717) is 5.92 Å². The second kappa shape index (κ2) is 4.82. The van der Waals surface area contributed by atoms with E-state index in [-0.39, 0.29) is 7.05 Å². The van der Waals surface area contributed by atoms with Crippen molar-refractivity contribution in [3.63, 3.8) is 0 Å². The van der Waals surface area contributed by atoms with Crippen LogP contribution >= 0.6 is 0 Å². The fourth-order valence-corrected chi connectivity index (χ4v) is 1.82. The molecule has 0 amide bonds. The summed E-state index contributed by atoms with van der Waals surface area (Å²) in [6, 6.07) is 0. The molecule has 1 saturated heterocycles. The average molecular weight is 181 g/mol. The normalized spacial score (nSPS) is 19.3. The van der Waals surface area contributed by atoms with Gasteiger partial charge >= 0.3 is 7.05 Å². The maximum atomic E-state index is 9.35. The molecule has 0 radical (unpaired) electrons. The van der Waals surface area contributed by atoms with Gasteiger partial charge in [0.15, 0.2) is 0 Å². The van der Waals surface area contributed by atoms with E-state index in [4.69, 9.17) is 0 Å². The van der Waals surface area contributed by atoms with Gasteiger partial charge in [-0.2, -0.15) is 0 Å². The summed E-state index contributed by atoms with van der Waals surface area (Å²) in [6.45, 7) is 8.30. The van der Waals surface area contributed by atoms with Crippen LogP contribution in [0.25, 0.3) is 0 Å². The third kappa shape index (κ3) is 3.53. The van der Waals surface area contributed by atoms with Gasteiger partial charge < -0.3 is 9.83 Å². The van der Waals surface area contributed by atoms with Crippen LogP contribution in [0.5, 0.6) is 0 Å². The Labute approximate surface area is 81.8 Å². The zero-order valence-electron chi connectivity index (χ0n) is 8.95. The molecule has 0 aromatic rings. The van der Waals surface area contributed by atoms with Gasteiger partial charge in [-0.3, -0.25) is 0 Å². The number of piperidine rings is 1. The lowest BCUT2D eigenvalue weighted by atomic mass is 9.82. The molecule has 1 N–H and O–H groups in total. The molecule has 0 atom stereocenters. The second-order valence-corrected chi connectivity index (χ2v) is 4.24. The minimum absolute atomic E-state index is 0.277. The zero-order valence-corrected chi connectivity index (χ0v) is 8.95. The molecule has 0 aromatic carbocycles. The van der Waals surface area contributed by atoms with Crippen molar-refractivity contribution in [2.45, 2.75) is 33.5 Å². The van der Waals surface area contributed by atoms with E-state index in [1.165, 1.54) is 0 Å². The van der Waals surface area contributed by atoms with Crippen molar-refractivity contribution >= 4 is 7.05 Å². The van der Waals surface area contributed by atoms with Crippen molar-refractivity contribution in [3.8, 4) is 0 Å². The molecule has 0 saturated carbocycles. The molecule has 3 heteroatoms. The van der Waals surface area contributed by atoms with E-state index in [1.807, 2.05) is 6.82 Å². The molecule has 0 aromatic heterocycles. The summed E-state index contributed by atoms with van der Waals surface area (Å²) in [7, 11) is -0.277. The third-order valence-electron chi connectivity index (χ3n) is 2.54. The molecular weight excluding hydrogens is 161 g/mol. The maximum Gasteiger partial charge on any atom is 0.376 e. The number of rotatable bonds is 2. The Hall–Kier alpha value is -0.275. The first-order valence-corrected chi connectivity index (χ1v) is 5.21. The highest BCUT2D eigenvalue weighted by atomic mass is 16.2. The van der Waals surface area contributed by atoms with Crippen LogP contribution in [-0.4, -0.2) is 30.0 Å². The van der Waals surface area contributed by atoms with E-state index in [1.54, 1.807) is 5.57 Å². The lowest BCUT2D eigenvalue weighted by Crippen LogP contribution is -2.41. The van der Waals surface area contributed by atoms with Crippen LogP contribution in [0.1, 0.15) is 26.7 Å². The number of hydrogen-bond acceptors (Lipinski definition) is 2. The van der Waals surface area contributed by atoms with E-state index < -0.39 is 0 Å². The summed E-state index contributed by atoms with van der Waals surface area (Å²) in [6.07, 6.45) is 4.62. The van der Waals surface area contributed by atoms with Crippen LogP contribution in [0, 0.1) is 5.92 Å². The summed E-state index contributed by atoms with van der Waals surface area (Å²) in [4.78, 5) is 2.12. The van der Waals surface area contributed by atoms with E-state index in [2.05, 4.69) is 24.7 Å². The van der Waals surface area contributed by atoms with Crippen LogP contribution in [-0.2, 0) is 0 Å². The van der Waals surface area contributed by atoms with Gasteiger partial charge in [-0.05, 0) is 38.7 Å². The SMILES string of the molecule is CB(O)N1CCC(=CC(C)C)CC1. The molecule has 1 fully saturated rings. The molecule has 74 valence electrons. The molecule has 0 aliphatic carbocycles. The topological polar surface area (TPSA) is 23.5 Å². The van der Waals surface area contributed by atoms with Gasteiger partial charge in [0.2, 0.25) is 0 Å². The van der Waals surface area contributed by atoms with Crippen molar-refractivity contribution in [3.05, 3.63) is 11.6 Å². The van der Waals surface area contributed by atoms with Crippen molar-refractivity contribution < 1.29 is 5.02 Å². The number of nitrogens with zero attached hydrogens (tertiary/aromatic N) is 1. The molecule has 0 spiro atoms. The molecule has 1 heterocycles. The highest BCUT2D eigenvalue weighted by Crippen LogP contribution is 2.18. The first-order chi connectivity index (χ1) is 6.09. The van der Waals surface area contributed by atoms with Crippen LogP contribution in [0.2, 0.25) is 6.82 Å². The number of hydrogen-bond donors (Lipinski definition) is 1. The Bertz CT molecular complexity index is 179. The monoisotopic (exact) mass is 181 g/mol. The smallest absolute Gasteiger partial charge is 0.376 e. The lowest BCUT2D eigenvalue weighted by molar-refractivity contribution is 0.344. The maximum absolute atomic E-state index is 9.35. The molecule has 0 bridgehead atoms. The first-order valence-electron chi connectivity index (χ1n) is 5.21. The highest BCUT2D eigenvalue weighted by Gasteiger charge is 2.20. The van der Waals surface area contributed by atoms with Crippen molar-refractivity contribution in [1.82, 2.24) is 4.81 Å². The largest absolute Gasteiger partial charge is 0.437 e. The van der Waals surface area contributed by atoms with E-state index >= 15 is 0 Å². The predicted molar refractivity (Wildman–Crippen MR) is 57.6 cm³/mol.